The summed E-state index contributed by atoms with van der Waals surface area (Å²) in [6, 6.07) is 20.5. The van der Waals surface area contributed by atoms with Gasteiger partial charge in [-0.1, -0.05) is 57.9 Å². The number of rotatable bonds is 10. The molecule has 3 aromatic rings. The molecule has 0 aliphatic heterocycles. The molecule has 0 saturated heterocycles. The molecule has 10 heteroatoms. The van der Waals surface area contributed by atoms with Crippen molar-refractivity contribution in [1.29, 1.82) is 0 Å². The summed E-state index contributed by atoms with van der Waals surface area (Å²) in [4.78, 5) is 28.1. The van der Waals surface area contributed by atoms with Crippen molar-refractivity contribution in [3.63, 3.8) is 0 Å². The lowest BCUT2D eigenvalue weighted by Gasteiger charge is -2.32. The number of hydrogen-bond donors (Lipinski definition) is 1. The monoisotopic (exact) mass is 605 g/mol. The van der Waals surface area contributed by atoms with E-state index < -0.39 is 28.5 Å². The number of halogens is 2. The Morgan fingerprint density at radius 1 is 0.919 bits per heavy atom. The molecule has 2 amide bonds. The fourth-order valence-corrected chi connectivity index (χ4v) is 5.46. The van der Waals surface area contributed by atoms with E-state index >= 15 is 0 Å². The molecule has 0 fully saturated rings. The highest BCUT2D eigenvalue weighted by Crippen LogP contribution is 2.26. The summed E-state index contributed by atoms with van der Waals surface area (Å²) in [6.45, 7) is 4.92. The van der Waals surface area contributed by atoms with Crippen LogP contribution in [0.4, 0.5) is 5.69 Å². The van der Waals surface area contributed by atoms with Crippen LogP contribution in [-0.4, -0.2) is 43.8 Å². The molecule has 0 saturated carbocycles. The van der Waals surface area contributed by atoms with Gasteiger partial charge in [-0.25, -0.2) is 8.42 Å². The molecule has 0 heterocycles. The highest BCUT2D eigenvalue weighted by atomic mass is 79.9. The van der Waals surface area contributed by atoms with Gasteiger partial charge in [0, 0.05) is 22.1 Å². The quantitative estimate of drug-likeness (QED) is 0.342. The van der Waals surface area contributed by atoms with Gasteiger partial charge in [0.15, 0.2) is 0 Å². The normalized spacial score (nSPS) is 12.2. The second-order valence-electron chi connectivity index (χ2n) is 8.79. The smallest absolute Gasteiger partial charge is 0.264 e. The van der Waals surface area contributed by atoms with Crippen LogP contribution in [0.2, 0.25) is 5.02 Å². The Kier molecular flexibility index (Phi) is 9.75. The number of carbonyl (C=O) groups excluding carboxylic acids is 2. The molecule has 0 radical (unpaired) electrons. The first kappa shape index (κ1) is 28.7. The van der Waals surface area contributed by atoms with Gasteiger partial charge in [-0.05, 0) is 74.9 Å². The summed E-state index contributed by atoms with van der Waals surface area (Å²) in [5.74, 6) is -0.854. The second kappa shape index (κ2) is 12.6. The van der Waals surface area contributed by atoms with Gasteiger partial charge in [0.2, 0.25) is 11.8 Å². The number of nitrogens with zero attached hydrogens (tertiary/aromatic N) is 2. The number of amides is 2. The van der Waals surface area contributed by atoms with Crippen LogP contribution in [0.25, 0.3) is 0 Å². The van der Waals surface area contributed by atoms with E-state index in [-0.39, 0.29) is 29.1 Å². The van der Waals surface area contributed by atoms with Gasteiger partial charge in [-0.2, -0.15) is 0 Å². The second-order valence-corrected chi connectivity index (χ2v) is 12.0. The zero-order valence-electron chi connectivity index (χ0n) is 20.8. The van der Waals surface area contributed by atoms with Crippen LogP contribution in [0, 0.1) is 0 Å². The average molecular weight is 607 g/mol. The Balaban J connectivity index is 2.00. The topological polar surface area (TPSA) is 86.8 Å². The number of benzene rings is 3. The van der Waals surface area contributed by atoms with Crippen LogP contribution < -0.4 is 9.62 Å². The molecule has 1 atom stereocenters. The number of anilines is 1. The predicted molar refractivity (Wildman–Crippen MR) is 150 cm³/mol. The Morgan fingerprint density at radius 2 is 1.51 bits per heavy atom. The first-order valence-electron chi connectivity index (χ1n) is 11.7. The number of sulfonamides is 1. The van der Waals surface area contributed by atoms with Crippen molar-refractivity contribution in [3.8, 4) is 0 Å². The highest BCUT2D eigenvalue weighted by Gasteiger charge is 2.32. The van der Waals surface area contributed by atoms with Crippen molar-refractivity contribution in [2.45, 2.75) is 44.3 Å². The van der Waals surface area contributed by atoms with Crippen molar-refractivity contribution >= 4 is 55.1 Å². The van der Waals surface area contributed by atoms with Gasteiger partial charge in [0.05, 0.1) is 10.6 Å². The Morgan fingerprint density at radius 3 is 2.08 bits per heavy atom. The summed E-state index contributed by atoms with van der Waals surface area (Å²) < 4.78 is 29.2. The number of nitrogens with one attached hydrogen (secondary N) is 1. The van der Waals surface area contributed by atoms with E-state index in [1.54, 1.807) is 49.4 Å². The molecule has 0 aromatic heterocycles. The fourth-order valence-electron chi connectivity index (χ4n) is 3.63. The SMILES string of the molecule is CC(C)NC(=O)C(C)N(Cc1ccc(Br)cc1)C(=O)CN(c1ccc(Cl)cc1)S(=O)(=O)c1ccccc1. The zero-order valence-corrected chi connectivity index (χ0v) is 23.9. The molecular formula is C27H29BrClN3O4S. The number of carbonyl (C=O) groups is 2. The minimum atomic E-state index is -4.10. The van der Waals surface area contributed by atoms with E-state index in [2.05, 4.69) is 21.2 Å². The first-order chi connectivity index (χ1) is 17.5. The summed E-state index contributed by atoms with van der Waals surface area (Å²) in [5, 5.41) is 3.27. The summed E-state index contributed by atoms with van der Waals surface area (Å²) in [5.41, 5.74) is 1.08. The van der Waals surface area contributed by atoms with E-state index in [1.807, 2.05) is 38.1 Å². The van der Waals surface area contributed by atoms with Crippen molar-refractivity contribution in [2.75, 3.05) is 10.8 Å². The van der Waals surface area contributed by atoms with Gasteiger partial charge >= 0.3 is 0 Å². The van der Waals surface area contributed by atoms with Gasteiger partial charge in [-0.3, -0.25) is 13.9 Å². The summed E-state index contributed by atoms with van der Waals surface area (Å²) in [7, 11) is -4.10. The summed E-state index contributed by atoms with van der Waals surface area (Å²) >= 11 is 9.43. The molecule has 7 nitrogen and oxygen atoms in total. The minimum Gasteiger partial charge on any atom is -0.352 e. The third-order valence-corrected chi connectivity index (χ3v) is 8.16. The van der Waals surface area contributed by atoms with Gasteiger partial charge in [0.25, 0.3) is 10.0 Å². The van der Waals surface area contributed by atoms with Crippen molar-refractivity contribution in [3.05, 3.63) is 93.9 Å². The van der Waals surface area contributed by atoms with Gasteiger partial charge in [0.1, 0.15) is 12.6 Å². The third kappa shape index (κ3) is 7.56. The molecule has 0 aliphatic rings. The van der Waals surface area contributed by atoms with E-state index in [0.29, 0.717) is 5.02 Å². The van der Waals surface area contributed by atoms with Crippen LogP contribution in [0.3, 0.4) is 0 Å². The standard InChI is InChI=1S/C27H29BrClN3O4S/c1-19(2)30-27(34)20(3)31(17-21-9-11-22(28)12-10-21)26(33)18-32(24-15-13-23(29)14-16-24)37(35,36)25-7-5-4-6-8-25/h4-16,19-20H,17-18H2,1-3H3,(H,30,34). The lowest BCUT2D eigenvalue weighted by Crippen LogP contribution is -2.52. The molecule has 1 unspecified atom stereocenters. The molecule has 3 rings (SSSR count). The first-order valence-corrected chi connectivity index (χ1v) is 14.3. The largest absolute Gasteiger partial charge is 0.352 e. The maximum absolute atomic E-state index is 13.8. The molecule has 0 spiro atoms. The lowest BCUT2D eigenvalue weighted by atomic mass is 10.1. The van der Waals surface area contributed by atoms with Crippen LogP contribution in [-0.2, 0) is 26.2 Å². The van der Waals surface area contributed by atoms with Crippen molar-refractivity contribution < 1.29 is 18.0 Å². The van der Waals surface area contributed by atoms with E-state index in [4.69, 9.17) is 11.6 Å². The molecule has 3 aromatic carbocycles. The average Bonchev–Trinajstić information content (AvgIpc) is 2.87. The maximum Gasteiger partial charge on any atom is 0.264 e. The van der Waals surface area contributed by atoms with Gasteiger partial charge in [-0.15, -0.1) is 0 Å². The molecule has 0 aliphatic carbocycles. The third-order valence-electron chi connectivity index (χ3n) is 5.59. The van der Waals surface area contributed by atoms with Crippen LogP contribution in [0.1, 0.15) is 26.3 Å². The zero-order chi connectivity index (χ0) is 27.2. The minimum absolute atomic E-state index is 0.0443. The molecule has 196 valence electrons. The van der Waals surface area contributed by atoms with E-state index in [0.717, 1.165) is 14.3 Å². The van der Waals surface area contributed by atoms with E-state index in [9.17, 15) is 18.0 Å². The van der Waals surface area contributed by atoms with E-state index in [1.165, 1.54) is 17.0 Å². The van der Waals surface area contributed by atoms with Crippen LogP contribution in [0.15, 0.2) is 88.2 Å². The number of hydrogen-bond acceptors (Lipinski definition) is 4. The van der Waals surface area contributed by atoms with Crippen molar-refractivity contribution in [2.24, 2.45) is 0 Å². The Hall–Kier alpha value is -2.88. The Labute approximate surface area is 231 Å². The molecule has 37 heavy (non-hydrogen) atoms. The Bertz CT molecular complexity index is 1320. The lowest BCUT2D eigenvalue weighted by molar-refractivity contribution is -0.139. The maximum atomic E-state index is 13.8. The van der Waals surface area contributed by atoms with Gasteiger partial charge < -0.3 is 10.2 Å². The molecule has 0 bridgehead atoms. The van der Waals surface area contributed by atoms with Crippen molar-refractivity contribution in [1.82, 2.24) is 10.2 Å². The highest BCUT2D eigenvalue weighted by molar-refractivity contribution is 9.10. The summed E-state index contributed by atoms with van der Waals surface area (Å²) in [6.07, 6.45) is 0. The van der Waals surface area contributed by atoms with Crippen LogP contribution in [0.5, 0.6) is 0 Å². The predicted octanol–water partition coefficient (Wildman–Crippen LogP) is 5.24. The fraction of sp³-hybridized carbons (Fsp3) is 0.259. The van der Waals surface area contributed by atoms with Crippen LogP contribution >= 0.6 is 27.5 Å². The molecular weight excluding hydrogens is 578 g/mol. The molecule has 1 N–H and O–H groups in total.